The van der Waals surface area contributed by atoms with Crippen molar-refractivity contribution in [3.8, 4) is 11.8 Å². The fraction of sp³-hybridized carbons (Fsp3) is 0.560. The number of likely N-dealkylation sites (N-methyl/N-ethyl adjacent to an activating group) is 1. The van der Waals surface area contributed by atoms with Crippen LogP contribution in [0.2, 0.25) is 0 Å². The highest BCUT2D eigenvalue weighted by Gasteiger charge is 2.42. The van der Waals surface area contributed by atoms with Crippen LogP contribution in [0.25, 0.3) is 0 Å². The van der Waals surface area contributed by atoms with Gasteiger partial charge in [0.05, 0.1) is 0 Å². The van der Waals surface area contributed by atoms with Crippen molar-refractivity contribution < 1.29 is 19.8 Å². The predicted octanol–water partition coefficient (Wildman–Crippen LogP) is 1.96. The minimum atomic E-state index is -0.547. The van der Waals surface area contributed by atoms with E-state index in [4.69, 9.17) is 4.84 Å². The summed E-state index contributed by atoms with van der Waals surface area (Å²) in [7, 11) is 0. The number of aromatic hydroxyl groups is 2. The summed E-state index contributed by atoms with van der Waals surface area (Å²) in [5, 5.41) is 19.4. The van der Waals surface area contributed by atoms with Crippen LogP contribution in [0.4, 0.5) is 10.5 Å². The topological polar surface area (TPSA) is 84.7 Å². The third-order valence-electron chi connectivity index (χ3n) is 7.76. The van der Waals surface area contributed by atoms with Gasteiger partial charge in [-0.3, -0.25) is 4.90 Å². The van der Waals surface area contributed by atoms with Crippen LogP contribution in [0.15, 0.2) is 30.3 Å². The summed E-state index contributed by atoms with van der Waals surface area (Å²) in [6.07, 6.45) is -0.547. The lowest BCUT2D eigenvalue weighted by Gasteiger charge is -2.36. The SMILES string of the molecule is CCN1CCN(c2cccc(CN3CC4CN(C(=O)On5c(O)ccc5O)CC4C3)c2C)CC1. The maximum Gasteiger partial charge on any atom is 0.434 e. The van der Waals surface area contributed by atoms with E-state index in [2.05, 4.69) is 46.7 Å². The summed E-state index contributed by atoms with van der Waals surface area (Å²) in [5.41, 5.74) is 4.12. The van der Waals surface area contributed by atoms with Crippen LogP contribution in [0.1, 0.15) is 18.1 Å². The van der Waals surface area contributed by atoms with Gasteiger partial charge in [-0.05, 0) is 42.5 Å². The van der Waals surface area contributed by atoms with E-state index in [0.717, 1.165) is 57.1 Å². The molecule has 1 amide bonds. The number of fused-ring (bicyclic) bond motifs is 1. The van der Waals surface area contributed by atoms with Crippen molar-refractivity contribution in [2.75, 3.05) is 63.8 Å². The highest BCUT2D eigenvalue weighted by molar-refractivity contribution is 5.68. The van der Waals surface area contributed by atoms with Gasteiger partial charge in [0.1, 0.15) is 0 Å². The zero-order valence-electron chi connectivity index (χ0n) is 20.1. The highest BCUT2D eigenvalue weighted by Crippen LogP contribution is 2.33. The number of anilines is 1. The van der Waals surface area contributed by atoms with Crippen molar-refractivity contribution in [3.63, 3.8) is 0 Å². The average Bonchev–Trinajstić information content (AvgIpc) is 3.50. The van der Waals surface area contributed by atoms with Gasteiger partial charge in [0.15, 0.2) is 0 Å². The maximum atomic E-state index is 12.5. The number of hydrogen-bond acceptors (Lipinski definition) is 7. The molecule has 3 aliphatic heterocycles. The Morgan fingerprint density at radius 1 is 0.941 bits per heavy atom. The molecule has 0 radical (unpaired) electrons. The molecule has 2 aromatic rings. The van der Waals surface area contributed by atoms with Crippen LogP contribution in [0.5, 0.6) is 11.8 Å². The average molecular weight is 470 g/mol. The number of carbonyl (C=O) groups excluding carboxylic acids is 1. The maximum absolute atomic E-state index is 12.5. The number of nitrogens with zero attached hydrogens (tertiary/aromatic N) is 5. The van der Waals surface area contributed by atoms with Crippen LogP contribution < -0.4 is 9.74 Å². The normalized spacial score (nSPS) is 23.5. The Morgan fingerprint density at radius 3 is 2.21 bits per heavy atom. The summed E-state index contributed by atoms with van der Waals surface area (Å²) < 4.78 is 0.751. The second-order valence-electron chi connectivity index (χ2n) is 9.80. The van der Waals surface area contributed by atoms with Crippen molar-refractivity contribution in [2.24, 2.45) is 11.8 Å². The van der Waals surface area contributed by atoms with Gasteiger partial charge in [0, 0.05) is 76.7 Å². The molecular formula is C25H35N5O4. The number of benzene rings is 1. The van der Waals surface area contributed by atoms with Gasteiger partial charge in [0.25, 0.3) is 0 Å². The van der Waals surface area contributed by atoms with Gasteiger partial charge in [-0.2, -0.15) is 0 Å². The molecule has 3 saturated heterocycles. The lowest BCUT2D eigenvalue weighted by atomic mass is 10.0. The largest absolute Gasteiger partial charge is 0.492 e. The first-order valence-electron chi connectivity index (χ1n) is 12.3. The third kappa shape index (κ3) is 4.42. The predicted molar refractivity (Wildman–Crippen MR) is 129 cm³/mol. The minimum Gasteiger partial charge on any atom is -0.492 e. The van der Waals surface area contributed by atoms with E-state index < -0.39 is 6.09 Å². The summed E-state index contributed by atoms with van der Waals surface area (Å²) >= 11 is 0. The molecule has 1 aromatic carbocycles. The van der Waals surface area contributed by atoms with E-state index in [1.54, 1.807) is 4.90 Å². The summed E-state index contributed by atoms with van der Waals surface area (Å²) in [4.78, 5) is 26.9. The van der Waals surface area contributed by atoms with E-state index in [0.29, 0.717) is 24.9 Å². The highest BCUT2D eigenvalue weighted by atomic mass is 16.7. The molecule has 2 unspecified atom stereocenters. The van der Waals surface area contributed by atoms with Crippen molar-refractivity contribution in [1.29, 1.82) is 0 Å². The van der Waals surface area contributed by atoms with Crippen molar-refractivity contribution >= 4 is 11.8 Å². The Labute approximate surface area is 200 Å². The van der Waals surface area contributed by atoms with Crippen molar-refractivity contribution in [3.05, 3.63) is 41.5 Å². The lowest BCUT2D eigenvalue weighted by molar-refractivity contribution is 0.0774. The number of amides is 1. The van der Waals surface area contributed by atoms with E-state index in [1.165, 1.54) is 28.9 Å². The summed E-state index contributed by atoms with van der Waals surface area (Å²) in [6, 6.07) is 9.24. The van der Waals surface area contributed by atoms with Crippen LogP contribution in [-0.4, -0.2) is 94.6 Å². The molecular weight excluding hydrogens is 434 g/mol. The Kier molecular flexibility index (Phi) is 6.31. The van der Waals surface area contributed by atoms with E-state index in [9.17, 15) is 15.0 Å². The summed E-state index contributed by atoms with van der Waals surface area (Å²) in [6.45, 7) is 14.1. The monoisotopic (exact) mass is 469 g/mol. The van der Waals surface area contributed by atoms with Gasteiger partial charge >= 0.3 is 6.09 Å². The number of aromatic nitrogens is 1. The molecule has 2 atom stereocenters. The zero-order chi connectivity index (χ0) is 23.8. The Balaban J connectivity index is 1.16. The molecule has 9 heteroatoms. The first-order chi connectivity index (χ1) is 16.4. The first kappa shape index (κ1) is 22.9. The minimum absolute atomic E-state index is 0.304. The van der Waals surface area contributed by atoms with Crippen LogP contribution in [0, 0.1) is 18.8 Å². The van der Waals surface area contributed by atoms with Crippen LogP contribution in [0.3, 0.4) is 0 Å². The van der Waals surface area contributed by atoms with Gasteiger partial charge in [-0.15, -0.1) is 4.73 Å². The fourth-order valence-electron chi connectivity index (χ4n) is 5.73. The molecule has 0 bridgehead atoms. The molecule has 0 saturated carbocycles. The van der Waals surface area contributed by atoms with Crippen LogP contribution >= 0.6 is 0 Å². The Bertz CT molecular complexity index is 999. The van der Waals surface area contributed by atoms with Crippen molar-refractivity contribution in [1.82, 2.24) is 19.4 Å². The molecule has 34 heavy (non-hydrogen) atoms. The number of carbonyl (C=O) groups is 1. The van der Waals surface area contributed by atoms with E-state index in [-0.39, 0.29) is 11.8 Å². The molecule has 5 rings (SSSR count). The molecule has 9 nitrogen and oxygen atoms in total. The molecule has 3 aliphatic rings. The van der Waals surface area contributed by atoms with Crippen LogP contribution in [-0.2, 0) is 6.54 Å². The number of rotatable bonds is 5. The fourth-order valence-corrected chi connectivity index (χ4v) is 5.73. The third-order valence-corrected chi connectivity index (χ3v) is 7.76. The second kappa shape index (κ2) is 9.38. The smallest absolute Gasteiger partial charge is 0.434 e. The Morgan fingerprint density at radius 2 is 1.59 bits per heavy atom. The molecule has 184 valence electrons. The number of piperazine rings is 1. The van der Waals surface area contributed by atoms with Gasteiger partial charge < -0.3 is 29.8 Å². The molecule has 2 N–H and O–H groups in total. The Hall–Kier alpha value is -2.91. The quantitative estimate of drug-likeness (QED) is 0.693. The molecule has 3 fully saturated rings. The zero-order valence-corrected chi connectivity index (χ0v) is 20.1. The standard InChI is InChI=1S/C25H35N5O4/c1-3-26-9-11-28(12-10-26)22-6-4-5-19(18(22)2)13-27-14-20-16-29(17-21(20)15-27)25(33)34-30-23(31)7-8-24(30)32/h4-8,20-21,31-32H,3,9-17H2,1-2H3. The van der Waals surface area contributed by atoms with Crippen molar-refractivity contribution in [2.45, 2.75) is 20.4 Å². The number of likely N-dealkylation sites (tertiary alicyclic amines) is 2. The second-order valence-corrected chi connectivity index (χ2v) is 9.80. The van der Waals surface area contributed by atoms with E-state index in [1.807, 2.05) is 0 Å². The molecule has 4 heterocycles. The van der Waals surface area contributed by atoms with Gasteiger partial charge in [-0.1, -0.05) is 19.1 Å². The molecule has 0 aliphatic carbocycles. The lowest BCUT2D eigenvalue weighted by Crippen LogP contribution is -2.46. The van der Waals surface area contributed by atoms with Gasteiger partial charge in [-0.25, -0.2) is 4.79 Å². The van der Waals surface area contributed by atoms with Gasteiger partial charge in [0.2, 0.25) is 11.8 Å². The van der Waals surface area contributed by atoms with E-state index >= 15 is 0 Å². The number of hydrogen-bond donors (Lipinski definition) is 2. The first-order valence-corrected chi connectivity index (χ1v) is 12.3. The summed E-state index contributed by atoms with van der Waals surface area (Å²) in [5.74, 6) is 0.206. The molecule has 0 spiro atoms. The molecule has 1 aromatic heterocycles.